The number of rotatable bonds is 3. The minimum atomic E-state index is -1.19. The molecule has 6 nitrogen and oxygen atoms in total. The van der Waals surface area contributed by atoms with E-state index in [1.54, 1.807) is 0 Å². The number of hydrogen-bond donors (Lipinski definition) is 2. The van der Waals surface area contributed by atoms with Crippen LogP contribution in [0, 0.1) is 0 Å². The van der Waals surface area contributed by atoms with Crippen molar-refractivity contribution >= 4 is 45.5 Å². The summed E-state index contributed by atoms with van der Waals surface area (Å²) in [5.41, 5.74) is 0.190. The number of hydrogen-bond acceptors (Lipinski definition) is 4. The summed E-state index contributed by atoms with van der Waals surface area (Å²) in [6, 6.07) is 0. The van der Waals surface area contributed by atoms with Crippen LogP contribution in [0.1, 0.15) is 6.42 Å². The zero-order chi connectivity index (χ0) is 12.6. The number of aliphatic carboxylic acids is 1. The molecule has 0 radical (unpaired) electrons. The predicted octanol–water partition coefficient (Wildman–Crippen LogP) is 0.0989. The van der Waals surface area contributed by atoms with Crippen LogP contribution in [0.4, 0.5) is 0 Å². The third-order valence-electron chi connectivity index (χ3n) is 2.47. The van der Waals surface area contributed by atoms with Gasteiger partial charge in [0, 0.05) is 5.75 Å². The van der Waals surface area contributed by atoms with Gasteiger partial charge in [0.2, 0.25) is 11.8 Å². The summed E-state index contributed by atoms with van der Waals surface area (Å²) >= 11 is 4.43. The summed E-state index contributed by atoms with van der Waals surface area (Å²) in [4.78, 5) is 35.0. The maximum Gasteiger partial charge on any atom is 0.354 e. The molecule has 2 aliphatic heterocycles. The third kappa shape index (κ3) is 2.19. The van der Waals surface area contributed by atoms with Gasteiger partial charge in [0.25, 0.3) is 0 Å². The van der Waals surface area contributed by atoms with Gasteiger partial charge in [-0.25, -0.2) is 4.79 Å². The molecule has 0 spiro atoms. The first-order chi connectivity index (χ1) is 8.04. The normalized spacial score (nSPS) is 23.0. The van der Waals surface area contributed by atoms with E-state index in [0.717, 1.165) is 0 Å². The number of halogens is 1. The smallest absolute Gasteiger partial charge is 0.354 e. The molecule has 1 saturated heterocycles. The number of thioether (sulfide) groups is 1. The maximum absolute atomic E-state index is 11.4. The average molecular weight is 321 g/mol. The first-order valence-corrected chi connectivity index (χ1v) is 6.97. The molecule has 17 heavy (non-hydrogen) atoms. The molecule has 8 heteroatoms. The van der Waals surface area contributed by atoms with Gasteiger partial charge in [-0.3, -0.25) is 14.5 Å². The number of amides is 2. The highest BCUT2D eigenvalue weighted by Crippen LogP contribution is 2.39. The lowest BCUT2D eigenvalue weighted by Crippen LogP contribution is -2.55. The zero-order valence-corrected chi connectivity index (χ0v) is 11.0. The predicted molar refractivity (Wildman–Crippen MR) is 64.3 cm³/mol. The fourth-order valence-electron chi connectivity index (χ4n) is 1.71. The number of carbonyl (C=O) groups is 3. The Hall–Kier alpha value is -1.02. The van der Waals surface area contributed by atoms with Gasteiger partial charge < -0.3 is 10.4 Å². The second kappa shape index (κ2) is 4.69. The molecule has 2 aliphatic rings. The Morgan fingerprint density at radius 1 is 1.59 bits per heavy atom. The Kier molecular flexibility index (Phi) is 3.43. The van der Waals surface area contributed by atoms with Crippen molar-refractivity contribution in [2.75, 3.05) is 11.1 Å². The highest BCUT2D eigenvalue weighted by atomic mass is 79.9. The van der Waals surface area contributed by atoms with Gasteiger partial charge in [-0.05, 0) is 0 Å². The summed E-state index contributed by atoms with van der Waals surface area (Å²) in [5.74, 6) is -1.33. The van der Waals surface area contributed by atoms with E-state index in [1.165, 1.54) is 16.7 Å². The van der Waals surface area contributed by atoms with Crippen molar-refractivity contribution in [2.24, 2.45) is 0 Å². The van der Waals surface area contributed by atoms with Gasteiger partial charge >= 0.3 is 5.97 Å². The van der Waals surface area contributed by atoms with Crippen LogP contribution in [0.2, 0.25) is 0 Å². The van der Waals surface area contributed by atoms with Gasteiger partial charge in [-0.1, -0.05) is 15.9 Å². The minimum Gasteiger partial charge on any atom is -0.477 e. The van der Waals surface area contributed by atoms with Crippen molar-refractivity contribution in [3.63, 3.8) is 0 Å². The topological polar surface area (TPSA) is 86.7 Å². The van der Waals surface area contributed by atoms with Crippen LogP contribution in [0.3, 0.4) is 0 Å². The first kappa shape index (κ1) is 12.4. The van der Waals surface area contributed by atoms with E-state index in [-0.39, 0.29) is 33.9 Å². The second-order valence-electron chi connectivity index (χ2n) is 3.55. The molecular weight excluding hydrogens is 312 g/mol. The van der Waals surface area contributed by atoms with Crippen LogP contribution < -0.4 is 5.32 Å². The number of carboxylic acids is 1. The van der Waals surface area contributed by atoms with Crippen LogP contribution in [0.5, 0.6) is 0 Å². The fourth-order valence-corrected chi connectivity index (χ4v) is 3.05. The van der Waals surface area contributed by atoms with E-state index >= 15 is 0 Å². The Balaban J connectivity index is 2.30. The fraction of sp³-hybridized carbons (Fsp3) is 0.444. The average Bonchev–Trinajstić information content (AvgIpc) is 2.28. The molecule has 0 aromatic rings. The van der Waals surface area contributed by atoms with Crippen molar-refractivity contribution < 1.29 is 19.5 Å². The summed E-state index contributed by atoms with van der Waals surface area (Å²) in [6.07, 6.45) is 0.362. The van der Waals surface area contributed by atoms with E-state index in [4.69, 9.17) is 5.11 Å². The lowest BCUT2D eigenvalue weighted by molar-refractivity contribution is -0.146. The molecule has 1 unspecified atom stereocenters. The minimum absolute atomic E-state index is 0.0887. The van der Waals surface area contributed by atoms with E-state index in [0.29, 0.717) is 12.2 Å². The molecule has 92 valence electrons. The van der Waals surface area contributed by atoms with Crippen LogP contribution in [-0.2, 0) is 14.4 Å². The Morgan fingerprint density at radius 2 is 2.29 bits per heavy atom. The van der Waals surface area contributed by atoms with Crippen LogP contribution in [0.25, 0.3) is 0 Å². The highest BCUT2D eigenvalue weighted by Gasteiger charge is 2.45. The quantitative estimate of drug-likeness (QED) is 0.569. The van der Waals surface area contributed by atoms with Crippen molar-refractivity contribution in [3.05, 3.63) is 11.4 Å². The highest BCUT2D eigenvalue weighted by molar-refractivity contribution is 9.09. The number of carbonyl (C=O) groups excluding carboxylic acids is 2. The summed E-state index contributed by atoms with van der Waals surface area (Å²) in [7, 11) is 0. The molecule has 0 saturated carbocycles. The Labute approximate surface area is 110 Å². The number of alkyl halides is 1. The van der Waals surface area contributed by atoms with Crippen LogP contribution in [-0.4, -0.2) is 44.2 Å². The van der Waals surface area contributed by atoms with Crippen molar-refractivity contribution in [2.45, 2.75) is 11.8 Å². The van der Waals surface area contributed by atoms with Gasteiger partial charge in [-0.15, -0.1) is 11.8 Å². The number of fused-ring (bicyclic) bond motifs is 1. The lowest BCUT2D eigenvalue weighted by atomic mass is 10.1. The number of β-lactam (4-membered cyclic amide) rings is 1. The van der Waals surface area contributed by atoms with Crippen molar-refractivity contribution in [1.82, 2.24) is 10.2 Å². The van der Waals surface area contributed by atoms with Gasteiger partial charge in [-0.2, -0.15) is 0 Å². The zero-order valence-electron chi connectivity index (χ0n) is 8.60. The number of nitrogens with one attached hydrogen (secondary N) is 1. The molecule has 2 heterocycles. The number of carboxylic acid groups (broad SMARTS) is 1. The molecule has 2 amide bonds. The molecule has 0 aliphatic carbocycles. The van der Waals surface area contributed by atoms with Crippen molar-refractivity contribution in [3.8, 4) is 0 Å². The molecule has 0 aromatic heterocycles. The molecule has 2 N–H and O–H groups in total. The van der Waals surface area contributed by atoms with Crippen LogP contribution >= 0.6 is 27.7 Å². The van der Waals surface area contributed by atoms with E-state index in [9.17, 15) is 14.4 Å². The molecule has 0 aromatic carbocycles. The van der Waals surface area contributed by atoms with Gasteiger partial charge in [0.05, 0.1) is 22.8 Å². The summed E-state index contributed by atoms with van der Waals surface area (Å²) < 4.78 is 0. The van der Waals surface area contributed by atoms with Crippen molar-refractivity contribution in [1.29, 1.82) is 0 Å². The third-order valence-corrected chi connectivity index (χ3v) is 4.19. The van der Waals surface area contributed by atoms with Crippen LogP contribution in [0.15, 0.2) is 11.4 Å². The molecule has 2 rings (SSSR count). The van der Waals surface area contributed by atoms with E-state index in [2.05, 4.69) is 21.2 Å². The monoisotopic (exact) mass is 320 g/mol. The molecular formula is C9H9BrN2O4S. The van der Waals surface area contributed by atoms with Gasteiger partial charge in [0.15, 0.2) is 5.70 Å². The van der Waals surface area contributed by atoms with E-state index in [1.807, 2.05) is 0 Å². The molecule has 1 fully saturated rings. The standard InChI is InChI=1S/C9H9BrN2O4S/c10-2-5(13)11-4-3-17-7-1-6(14)12(7)8(4)9(15)16/h7H,1-3H2,(H,11,13)(H,15,16). The molecule has 0 bridgehead atoms. The number of nitrogens with zero attached hydrogens (tertiary/aromatic N) is 1. The summed E-state index contributed by atoms with van der Waals surface area (Å²) in [6.45, 7) is 0. The maximum atomic E-state index is 11.4. The first-order valence-electron chi connectivity index (χ1n) is 4.80. The summed E-state index contributed by atoms with van der Waals surface area (Å²) in [5, 5.41) is 11.6. The van der Waals surface area contributed by atoms with E-state index < -0.39 is 5.97 Å². The Morgan fingerprint density at radius 3 is 2.82 bits per heavy atom. The SMILES string of the molecule is O=C(CBr)NC1=C(C(=O)O)N2C(=O)CC2SC1. The Bertz CT molecular complexity index is 437. The lowest BCUT2D eigenvalue weighted by Gasteiger charge is -2.43. The second-order valence-corrected chi connectivity index (χ2v) is 5.27. The molecule has 1 atom stereocenters. The van der Waals surface area contributed by atoms with Gasteiger partial charge in [0.1, 0.15) is 0 Å². The largest absolute Gasteiger partial charge is 0.477 e.